The summed E-state index contributed by atoms with van der Waals surface area (Å²) in [5.41, 5.74) is 1.68. The summed E-state index contributed by atoms with van der Waals surface area (Å²) < 4.78 is 5.98. The largest absolute Gasteiger partial charge is 0.479 e. The predicted molar refractivity (Wildman–Crippen MR) is 73.0 cm³/mol. The van der Waals surface area contributed by atoms with Crippen molar-refractivity contribution in [1.29, 1.82) is 0 Å². The smallest absolute Gasteiger partial charge is 0.332 e. The molecule has 1 aliphatic heterocycles. The molecule has 1 fully saturated rings. The zero-order valence-corrected chi connectivity index (χ0v) is 11.9. The lowest BCUT2D eigenvalue weighted by Gasteiger charge is -2.13. The maximum absolute atomic E-state index is 12.0. The molecule has 6 heteroatoms. The molecule has 1 aromatic rings. The standard InChI is InChI=1S/C13H14BrNO4/c1-7-2-3-8(14)9(6-7)15-12(16)10-4-5-11(19-10)13(17)18/h2-3,6,10-11H,4-5H2,1H3,(H,15,16)(H,17,18). The summed E-state index contributed by atoms with van der Waals surface area (Å²) in [5, 5.41) is 11.6. The molecule has 1 aliphatic rings. The maximum atomic E-state index is 12.0. The first-order valence-corrected chi connectivity index (χ1v) is 6.72. The summed E-state index contributed by atoms with van der Waals surface area (Å²) in [5.74, 6) is -1.33. The van der Waals surface area contributed by atoms with Crippen molar-refractivity contribution in [2.24, 2.45) is 0 Å². The van der Waals surface area contributed by atoms with Gasteiger partial charge in [0.1, 0.15) is 6.10 Å². The van der Waals surface area contributed by atoms with E-state index < -0.39 is 18.2 Å². The van der Waals surface area contributed by atoms with Crippen LogP contribution in [0.3, 0.4) is 0 Å². The van der Waals surface area contributed by atoms with Crippen LogP contribution in [0.1, 0.15) is 18.4 Å². The molecule has 0 bridgehead atoms. The minimum atomic E-state index is -1.02. The van der Waals surface area contributed by atoms with Crippen LogP contribution in [-0.2, 0) is 14.3 Å². The molecule has 2 atom stereocenters. The number of nitrogens with one attached hydrogen (secondary N) is 1. The van der Waals surface area contributed by atoms with Crippen molar-refractivity contribution >= 4 is 33.5 Å². The lowest BCUT2D eigenvalue weighted by atomic mass is 10.1. The monoisotopic (exact) mass is 327 g/mol. The van der Waals surface area contributed by atoms with Crippen molar-refractivity contribution in [2.75, 3.05) is 5.32 Å². The lowest BCUT2D eigenvalue weighted by Crippen LogP contribution is -2.30. The number of halogens is 1. The number of carboxylic acid groups (broad SMARTS) is 1. The second-order valence-corrected chi connectivity index (χ2v) is 5.36. The number of amides is 1. The number of benzene rings is 1. The Bertz CT molecular complexity index is 517. The second-order valence-electron chi connectivity index (χ2n) is 4.50. The van der Waals surface area contributed by atoms with Crippen LogP contribution in [0.2, 0.25) is 0 Å². The predicted octanol–water partition coefficient (Wildman–Crippen LogP) is 2.33. The van der Waals surface area contributed by atoms with E-state index in [1.165, 1.54) is 0 Å². The summed E-state index contributed by atoms with van der Waals surface area (Å²) >= 11 is 3.35. The fraction of sp³-hybridized carbons (Fsp3) is 0.385. The van der Waals surface area contributed by atoms with E-state index in [-0.39, 0.29) is 5.91 Å². The Morgan fingerprint density at radius 3 is 2.68 bits per heavy atom. The Labute approximate surface area is 119 Å². The molecule has 0 aromatic heterocycles. The molecular formula is C13H14BrNO4. The number of aliphatic carboxylic acids is 1. The number of anilines is 1. The quantitative estimate of drug-likeness (QED) is 0.893. The SMILES string of the molecule is Cc1ccc(Br)c(NC(=O)C2CCC(C(=O)O)O2)c1. The number of rotatable bonds is 3. The van der Waals surface area contributed by atoms with Gasteiger partial charge in [-0.05, 0) is 53.4 Å². The number of aryl methyl sites for hydroxylation is 1. The highest BCUT2D eigenvalue weighted by atomic mass is 79.9. The van der Waals surface area contributed by atoms with Gasteiger partial charge in [-0.25, -0.2) is 4.79 Å². The summed E-state index contributed by atoms with van der Waals surface area (Å²) in [6.45, 7) is 1.93. The van der Waals surface area contributed by atoms with E-state index in [1.54, 1.807) is 0 Å². The van der Waals surface area contributed by atoms with Gasteiger partial charge in [-0.1, -0.05) is 6.07 Å². The van der Waals surface area contributed by atoms with Gasteiger partial charge in [0, 0.05) is 4.47 Å². The summed E-state index contributed by atoms with van der Waals surface area (Å²) in [7, 11) is 0. The summed E-state index contributed by atoms with van der Waals surface area (Å²) in [6, 6.07) is 5.61. The van der Waals surface area contributed by atoms with Gasteiger partial charge in [0.05, 0.1) is 5.69 Å². The van der Waals surface area contributed by atoms with E-state index >= 15 is 0 Å². The Balaban J connectivity index is 2.02. The molecule has 19 heavy (non-hydrogen) atoms. The topological polar surface area (TPSA) is 75.6 Å². The summed E-state index contributed by atoms with van der Waals surface area (Å²) in [4.78, 5) is 22.8. The van der Waals surface area contributed by atoms with Gasteiger partial charge in [0.15, 0.2) is 6.10 Å². The van der Waals surface area contributed by atoms with Crippen LogP contribution in [0, 0.1) is 6.92 Å². The van der Waals surface area contributed by atoms with Crippen LogP contribution in [-0.4, -0.2) is 29.2 Å². The fourth-order valence-corrected chi connectivity index (χ4v) is 2.31. The molecule has 2 rings (SSSR count). The van der Waals surface area contributed by atoms with Gasteiger partial charge >= 0.3 is 5.97 Å². The molecule has 2 N–H and O–H groups in total. The van der Waals surface area contributed by atoms with E-state index in [9.17, 15) is 9.59 Å². The van der Waals surface area contributed by atoms with Gasteiger partial charge in [-0.3, -0.25) is 4.79 Å². The Morgan fingerprint density at radius 2 is 2.05 bits per heavy atom. The van der Waals surface area contributed by atoms with E-state index in [0.717, 1.165) is 10.0 Å². The Morgan fingerprint density at radius 1 is 1.37 bits per heavy atom. The van der Waals surface area contributed by atoms with E-state index in [0.29, 0.717) is 18.5 Å². The zero-order chi connectivity index (χ0) is 14.0. The Hall–Kier alpha value is -1.40. The maximum Gasteiger partial charge on any atom is 0.332 e. The van der Waals surface area contributed by atoms with Crippen molar-refractivity contribution in [3.05, 3.63) is 28.2 Å². The first-order chi connectivity index (χ1) is 8.97. The molecule has 1 aromatic carbocycles. The van der Waals surface area contributed by atoms with Crippen LogP contribution in [0.5, 0.6) is 0 Å². The second kappa shape index (κ2) is 5.71. The van der Waals surface area contributed by atoms with Gasteiger partial charge < -0.3 is 15.2 Å². The molecule has 0 spiro atoms. The zero-order valence-electron chi connectivity index (χ0n) is 10.4. The number of ether oxygens (including phenoxy) is 1. The van der Waals surface area contributed by atoms with E-state index in [4.69, 9.17) is 9.84 Å². The molecule has 2 unspecified atom stereocenters. The molecule has 0 saturated carbocycles. The first-order valence-electron chi connectivity index (χ1n) is 5.92. The van der Waals surface area contributed by atoms with Gasteiger partial charge in [-0.2, -0.15) is 0 Å². The molecule has 0 aliphatic carbocycles. The Kier molecular flexibility index (Phi) is 4.21. The van der Waals surface area contributed by atoms with E-state index in [2.05, 4.69) is 21.2 Å². The van der Waals surface area contributed by atoms with Crippen LogP contribution >= 0.6 is 15.9 Å². The number of hydrogen-bond acceptors (Lipinski definition) is 3. The minimum Gasteiger partial charge on any atom is -0.479 e. The average molecular weight is 328 g/mol. The third-order valence-corrected chi connectivity index (χ3v) is 3.66. The average Bonchev–Trinajstić information content (AvgIpc) is 2.83. The molecular weight excluding hydrogens is 314 g/mol. The highest BCUT2D eigenvalue weighted by Crippen LogP contribution is 2.26. The van der Waals surface area contributed by atoms with Crippen LogP contribution in [0.15, 0.2) is 22.7 Å². The normalized spacial score (nSPS) is 22.2. The molecule has 1 amide bonds. The molecule has 102 valence electrons. The highest BCUT2D eigenvalue weighted by Gasteiger charge is 2.34. The first kappa shape index (κ1) is 14.0. The van der Waals surface area contributed by atoms with Gasteiger partial charge in [-0.15, -0.1) is 0 Å². The molecule has 1 heterocycles. The van der Waals surface area contributed by atoms with Crippen LogP contribution in [0.25, 0.3) is 0 Å². The van der Waals surface area contributed by atoms with Crippen LogP contribution < -0.4 is 5.32 Å². The fourth-order valence-electron chi connectivity index (χ4n) is 1.96. The van der Waals surface area contributed by atoms with Crippen molar-refractivity contribution in [2.45, 2.75) is 32.0 Å². The number of carbonyl (C=O) groups excluding carboxylic acids is 1. The van der Waals surface area contributed by atoms with E-state index in [1.807, 2.05) is 25.1 Å². The van der Waals surface area contributed by atoms with Crippen molar-refractivity contribution in [1.82, 2.24) is 0 Å². The molecule has 0 radical (unpaired) electrons. The van der Waals surface area contributed by atoms with Crippen molar-refractivity contribution in [3.63, 3.8) is 0 Å². The molecule has 1 saturated heterocycles. The van der Waals surface area contributed by atoms with Gasteiger partial charge in [0.25, 0.3) is 5.91 Å². The van der Waals surface area contributed by atoms with Crippen molar-refractivity contribution < 1.29 is 19.4 Å². The van der Waals surface area contributed by atoms with Crippen molar-refractivity contribution in [3.8, 4) is 0 Å². The lowest BCUT2D eigenvalue weighted by molar-refractivity contribution is -0.150. The third kappa shape index (κ3) is 3.33. The molecule has 5 nitrogen and oxygen atoms in total. The van der Waals surface area contributed by atoms with Crippen LogP contribution in [0.4, 0.5) is 5.69 Å². The minimum absolute atomic E-state index is 0.310. The number of carboxylic acids is 1. The number of hydrogen-bond donors (Lipinski definition) is 2. The number of carbonyl (C=O) groups is 2. The summed E-state index contributed by atoms with van der Waals surface area (Å²) in [6.07, 6.45) is -0.792. The third-order valence-electron chi connectivity index (χ3n) is 2.97. The highest BCUT2D eigenvalue weighted by molar-refractivity contribution is 9.10. The van der Waals surface area contributed by atoms with Gasteiger partial charge in [0.2, 0.25) is 0 Å².